The van der Waals surface area contributed by atoms with Crippen LogP contribution in [0.5, 0.6) is 0 Å². The van der Waals surface area contributed by atoms with Gasteiger partial charge >= 0.3 is 0 Å². The van der Waals surface area contributed by atoms with E-state index >= 15 is 0 Å². The smallest absolute Gasteiger partial charge is 0.191 e. The Bertz CT molecular complexity index is 232. The lowest BCUT2D eigenvalue weighted by Gasteiger charge is -2.33. The number of nitrogens with two attached hydrogens (primary N) is 1. The lowest BCUT2D eigenvalue weighted by Crippen LogP contribution is -2.46. The van der Waals surface area contributed by atoms with Gasteiger partial charge in [0.05, 0.1) is 5.54 Å². The van der Waals surface area contributed by atoms with Crippen LogP contribution < -0.4 is 5.73 Å². The summed E-state index contributed by atoms with van der Waals surface area (Å²) in [6, 6.07) is 0. The zero-order valence-electron chi connectivity index (χ0n) is 10.3. The third kappa shape index (κ3) is 4.33. The molecule has 0 bridgehead atoms. The van der Waals surface area contributed by atoms with Gasteiger partial charge in [-0.3, -0.25) is 0 Å². The second-order valence-electron chi connectivity index (χ2n) is 4.99. The maximum absolute atomic E-state index is 6.02. The largest absolute Gasteiger partial charge is 0.370 e. The number of hydrogen-bond acceptors (Lipinski definition) is 2. The van der Waals surface area contributed by atoms with E-state index < -0.39 is 0 Å². The first-order valence-electron chi connectivity index (χ1n) is 5.64. The average molecular weight is 229 g/mol. The van der Waals surface area contributed by atoms with Crippen molar-refractivity contribution in [1.29, 1.82) is 0 Å². The van der Waals surface area contributed by atoms with Crippen molar-refractivity contribution in [3.8, 4) is 0 Å². The molecule has 1 heterocycles. The molecule has 1 aliphatic heterocycles. The van der Waals surface area contributed by atoms with Crippen LogP contribution in [0.15, 0.2) is 4.99 Å². The van der Waals surface area contributed by atoms with Crippen LogP contribution >= 0.6 is 11.8 Å². The van der Waals surface area contributed by atoms with Crippen LogP contribution in [0.4, 0.5) is 0 Å². The maximum Gasteiger partial charge on any atom is 0.191 e. The molecule has 88 valence electrons. The number of rotatable bonds is 1. The molecule has 1 aliphatic rings. The van der Waals surface area contributed by atoms with Gasteiger partial charge < -0.3 is 10.6 Å². The summed E-state index contributed by atoms with van der Waals surface area (Å²) >= 11 is 2.05. The first-order valence-corrected chi connectivity index (χ1v) is 6.69. The highest BCUT2D eigenvalue weighted by atomic mass is 32.2. The molecular formula is C11H23N3S. The van der Waals surface area contributed by atoms with Crippen molar-refractivity contribution in [3.05, 3.63) is 0 Å². The van der Waals surface area contributed by atoms with E-state index in [0.717, 1.165) is 13.1 Å². The summed E-state index contributed by atoms with van der Waals surface area (Å²) < 4.78 is 0. The molecule has 1 unspecified atom stereocenters. The van der Waals surface area contributed by atoms with Crippen LogP contribution in [0.3, 0.4) is 0 Å². The predicted octanol–water partition coefficient (Wildman–Crippen LogP) is 1.93. The second-order valence-corrected chi connectivity index (χ2v) is 6.40. The van der Waals surface area contributed by atoms with Gasteiger partial charge in [0, 0.05) is 24.1 Å². The summed E-state index contributed by atoms with van der Waals surface area (Å²) in [4.78, 5) is 6.73. The molecule has 0 aromatic rings. The van der Waals surface area contributed by atoms with Crippen LogP contribution in [0.1, 0.15) is 34.1 Å². The molecule has 1 rings (SSSR count). The van der Waals surface area contributed by atoms with Crippen LogP contribution in [-0.4, -0.2) is 40.5 Å². The highest BCUT2D eigenvalue weighted by Crippen LogP contribution is 2.21. The molecule has 4 heteroatoms. The fourth-order valence-electron chi connectivity index (χ4n) is 1.59. The standard InChI is InChI=1S/C11H23N3S/c1-5-9-8-14(6-7-15-9)10(12)13-11(2,3)4/h9H,5-8H2,1-4H3,(H2,12,13). The molecule has 2 N–H and O–H groups in total. The van der Waals surface area contributed by atoms with Crippen molar-refractivity contribution in [3.63, 3.8) is 0 Å². The Hall–Kier alpha value is -0.380. The van der Waals surface area contributed by atoms with Gasteiger partial charge in [-0.15, -0.1) is 0 Å². The molecule has 15 heavy (non-hydrogen) atoms. The Kier molecular flexibility index (Phi) is 4.32. The van der Waals surface area contributed by atoms with Crippen molar-refractivity contribution in [2.75, 3.05) is 18.8 Å². The Balaban J connectivity index is 2.59. The zero-order valence-corrected chi connectivity index (χ0v) is 11.1. The fourth-order valence-corrected chi connectivity index (χ4v) is 2.77. The van der Waals surface area contributed by atoms with Gasteiger partial charge in [-0.25, -0.2) is 4.99 Å². The van der Waals surface area contributed by atoms with Crippen molar-refractivity contribution < 1.29 is 0 Å². The van der Waals surface area contributed by atoms with Gasteiger partial charge in [-0.05, 0) is 27.2 Å². The normalized spacial score (nSPS) is 24.4. The van der Waals surface area contributed by atoms with Gasteiger partial charge in [0.15, 0.2) is 5.96 Å². The first kappa shape index (κ1) is 12.7. The number of thioether (sulfide) groups is 1. The van der Waals surface area contributed by atoms with Crippen LogP contribution in [0, 0.1) is 0 Å². The van der Waals surface area contributed by atoms with Gasteiger partial charge in [0.1, 0.15) is 0 Å². The number of nitrogens with zero attached hydrogens (tertiary/aromatic N) is 2. The van der Waals surface area contributed by atoms with Gasteiger partial charge in [0.25, 0.3) is 0 Å². The minimum absolute atomic E-state index is 0.0730. The summed E-state index contributed by atoms with van der Waals surface area (Å²) in [5.74, 6) is 1.88. The topological polar surface area (TPSA) is 41.6 Å². The third-order valence-corrected chi connectivity index (χ3v) is 3.74. The molecule has 0 amide bonds. The van der Waals surface area contributed by atoms with Crippen molar-refractivity contribution in [2.45, 2.75) is 44.9 Å². The van der Waals surface area contributed by atoms with Crippen LogP contribution in [0.2, 0.25) is 0 Å². The minimum Gasteiger partial charge on any atom is -0.370 e. The summed E-state index contributed by atoms with van der Waals surface area (Å²) in [6.07, 6.45) is 1.21. The first-order chi connectivity index (χ1) is 6.92. The molecule has 0 aliphatic carbocycles. The third-order valence-electron chi connectivity index (χ3n) is 2.37. The second kappa shape index (κ2) is 5.10. The highest BCUT2D eigenvalue weighted by Gasteiger charge is 2.21. The van der Waals surface area contributed by atoms with Crippen molar-refractivity contribution in [2.24, 2.45) is 10.7 Å². The number of hydrogen-bond donors (Lipinski definition) is 1. The lowest BCUT2D eigenvalue weighted by atomic mass is 10.1. The van der Waals surface area contributed by atoms with Crippen molar-refractivity contribution in [1.82, 2.24) is 4.90 Å². The molecule has 1 fully saturated rings. The van der Waals surface area contributed by atoms with Gasteiger partial charge in [-0.1, -0.05) is 6.92 Å². The highest BCUT2D eigenvalue weighted by molar-refractivity contribution is 8.00. The lowest BCUT2D eigenvalue weighted by molar-refractivity contribution is 0.410. The maximum atomic E-state index is 6.02. The molecule has 1 atom stereocenters. The summed E-state index contributed by atoms with van der Waals surface area (Å²) in [6.45, 7) is 10.6. The molecule has 3 nitrogen and oxygen atoms in total. The van der Waals surface area contributed by atoms with E-state index in [1.54, 1.807) is 0 Å². The molecule has 0 radical (unpaired) electrons. The monoisotopic (exact) mass is 229 g/mol. The predicted molar refractivity (Wildman–Crippen MR) is 69.5 cm³/mol. The molecule has 0 aromatic carbocycles. The summed E-state index contributed by atoms with van der Waals surface area (Å²) in [5, 5.41) is 0.715. The van der Waals surface area contributed by atoms with Gasteiger partial charge in [0.2, 0.25) is 0 Å². The van der Waals surface area contributed by atoms with Crippen molar-refractivity contribution >= 4 is 17.7 Å². The van der Waals surface area contributed by atoms with Crippen LogP contribution in [-0.2, 0) is 0 Å². The molecule has 0 spiro atoms. The van der Waals surface area contributed by atoms with E-state index in [1.807, 2.05) is 0 Å². The van der Waals surface area contributed by atoms with E-state index in [1.165, 1.54) is 12.2 Å². The van der Waals surface area contributed by atoms with E-state index in [-0.39, 0.29) is 5.54 Å². The molecule has 1 saturated heterocycles. The Morgan fingerprint density at radius 2 is 2.20 bits per heavy atom. The summed E-state index contributed by atoms with van der Waals surface area (Å²) in [5.41, 5.74) is 5.95. The summed E-state index contributed by atoms with van der Waals surface area (Å²) in [7, 11) is 0. The van der Waals surface area contributed by atoms with E-state index in [0.29, 0.717) is 11.2 Å². The van der Waals surface area contributed by atoms with E-state index in [9.17, 15) is 0 Å². The van der Waals surface area contributed by atoms with Crippen LogP contribution in [0.25, 0.3) is 0 Å². The average Bonchev–Trinajstić information content (AvgIpc) is 2.15. The SMILES string of the molecule is CCC1CN(C(N)=NC(C)(C)C)CCS1. The molecule has 0 aromatic heterocycles. The quantitative estimate of drug-likeness (QED) is 0.552. The fraction of sp³-hybridized carbons (Fsp3) is 0.909. The minimum atomic E-state index is -0.0730. The van der Waals surface area contributed by atoms with Gasteiger partial charge in [-0.2, -0.15) is 11.8 Å². The number of guanidine groups is 1. The Labute approximate surface area is 97.5 Å². The molecular weight excluding hydrogens is 206 g/mol. The Morgan fingerprint density at radius 3 is 2.73 bits per heavy atom. The Morgan fingerprint density at radius 1 is 1.53 bits per heavy atom. The van der Waals surface area contributed by atoms with E-state index in [2.05, 4.69) is 49.3 Å². The number of aliphatic imine (C=N–C) groups is 1. The zero-order chi connectivity index (χ0) is 11.5. The van der Waals surface area contributed by atoms with E-state index in [4.69, 9.17) is 5.73 Å². The molecule has 0 saturated carbocycles.